The molecule has 3 aromatic rings. The number of carbonyl (C=O) groups is 1. The molecule has 0 saturated heterocycles. The maximum Gasteiger partial charge on any atom is 0.263 e. The van der Waals surface area contributed by atoms with Gasteiger partial charge in [0, 0.05) is 16.4 Å². The monoisotopic (exact) mass is 400 g/mol. The molecule has 1 amide bonds. The van der Waals surface area contributed by atoms with E-state index in [4.69, 9.17) is 0 Å². The fourth-order valence-corrected chi connectivity index (χ4v) is 2.62. The Labute approximate surface area is 152 Å². The van der Waals surface area contributed by atoms with Gasteiger partial charge in [0.15, 0.2) is 0 Å². The number of benzene rings is 2. The van der Waals surface area contributed by atoms with Crippen molar-refractivity contribution in [1.29, 1.82) is 0 Å². The van der Waals surface area contributed by atoms with Crippen molar-refractivity contribution in [3.63, 3.8) is 0 Å². The normalized spacial score (nSPS) is 10.5. The minimum Gasteiger partial charge on any atom is -0.322 e. The summed E-state index contributed by atoms with van der Waals surface area (Å²) < 4.78 is 15.3. The number of nitrogens with one attached hydrogen (secondary N) is 1. The zero-order chi connectivity index (χ0) is 17.8. The van der Waals surface area contributed by atoms with Crippen LogP contribution < -0.4 is 10.9 Å². The molecule has 1 heterocycles. The quantitative estimate of drug-likeness (QED) is 0.717. The van der Waals surface area contributed by atoms with Crippen molar-refractivity contribution in [3.05, 3.63) is 98.6 Å². The standard InChI is InChI=1S/C19H14BrFN2O2/c20-14-5-9-16(10-6-14)22-18(24)17-2-1-11-23(19(17)25)12-13-3-7-15(21)8-4-13/h1-11H,12H2,(H,22,24). The molecule has 2 aromatic carbocycles. The Morgan fingerprint density at radius 2 is 1.72 bits per heavy atom. The van der Waals surface area contributed by atoms with Crippen molar-refractivity contribution < 1.29 is 9.18 Å². The van der Waals surface area contributed by atoms with Gasteiger partial charge in [-0.05, 0) is 54.1 Å². The second-order valence-corrected chi connectivity index (χ2v) is 6.36. The molecule has 0 bridgehead atoms. The lowest BCUT2D eigenvalue weighted by molar-refractivity contribution is 0.102. The van der Waals surface area contributed by atoms with Crippen molar-refractivity contribution in [2.75, 3.05) is 5.32 Å². The highest BCUT2D eigenvalue weighted by atomic mass is 79.9. The van der Waals surface area contributed by atoms with Crippen LogP contribution in [0.25, 0.3) is 0 Å². The molecule has 0 saturated carbocycles. The molecule has 0 radical (unpaired) electrons. The molecule has 0 atom stereocenters. The van der Waals surface area contributed by atoms with Crippen LogP contribution in [0.1, 0.15) is 15.9 Å². The van der Waals surface area contributed by atoms with Gasteiger partial charge >= 0.3 is 0 Å². The second kappa shape index (κ2) is 7.44. The maximum absolute atomic E-state index is 13.0. The number of nitrogens with zero attached hydrogens (tertiary/aromatic N) is 1. The van der Waals surface area contributed by atoms with Gasteiger partial charge in [-0.1, -0.05) is 28.1 Å². The lowest BCUT2D eigenvalue weighted by Gasteiger charge is -2.09. The van der Waals surface area contributed by atoms with Gasteiger partial charge in [0.05, 0.1) is 6.54 Å². The summed E-state index contributed by atoms with van der Waals surface area (Å²) >= 11 is 3.32. The van der Waals surface area contributed by atoms with Gasteiger partial charge in [-0.3, -0.25) is 9.59 Å². The molecular formula is C19H14BrFN2O2. The Balaban J connectivity index is 1.82. The zero-order valence-corrected chi connectivity index (χ0v) is 14.7. The molecule has 0 spiro atoms. The van der Waals surface area contributed by atoms with Crippen LogP contribution >= 0.6 is 15.9 Å². The van der Waals surface area contributed by atoms with Crippen LogP contribution in [0.4, 0.5) is 10.1 Å². The van der Waals surface area contributed by atoms with Gasteiger partial charge in [-0.25, -0.2) is 4.39 Å². The van der Waals surface area contributed by atoms with Crippen molar-refractivity contribution in [3.8, 4) is 0 Å². The van der Waals surface area contributed by atoms with Crippen molar-refractivity contribution in [2.24, 2.45) is 0 Å². The predicted molar refractivity (Wildman–Crippen MR) is 98.3 cm³/mol. The number of pyridine rings is 1. The summed E-state index contributed by atoms with van der Waals surface area (Å²) in [5.41, 5.74) is 1.02. The molecule has 0 unspecified atom stereocenters. The molecule has 25 heavy (non-hydrogen) atoms. The van der Waals surface area contributed by atoms with E-state index in [1.807, 2.05) is 0 Å². The van der Waals surface area contributed by atoms with Gasteiger partial charge < -0.3 is 9.88 Å². The molecule has 0 aliphatic carbocycles. The van der Waals surface area contributed by atoms with Crippen LogP contribution in [0.2, 0.25) is 0 Å². The van der Waals surface area contributed by atoms with Gasteiger partial charge in [0.1, 0.15) is 11.4 Å². The number of halogens is 2. The van der Waals surface area contributed by atoms with E-state index in [1.54, 1.807) is 48.7 Å². The van der Waals surface area contributed by atoms with Gasteiger partial charge in [-0.2, -0.15) is 0 Å². The molecule has 1 aromatic heterocycles. The van der Waals surface area contributed by atoms with Crippen LogP contribution in [-0.4, -0.2) is 10.5 Å². The molecule has 126 valence electrons. The topological polar surface area (TPSA) is 51.1 Å². The molecule has 3 rings (SSSR count). The van der Waals surface area contributed by atoms with Gasteiger partial charge in [0.2, 0.25) is 0 Å². The van der Waals surface area contributed by atoms with Crippen molar-refractivity contribution >= 4 is 27.5 Å². The SMILES string of the molecule is O=C(Nc1ccc(Br)cc1)c1cccn(Cc2ccc(F)cc2)c1=O. The van der Waals surface area contributed by atoms with E-state index in [9.17, 15) is 14.0 Å². The van der Waals surface area contributed by atoms with E-state index in [0.717, 1.165) is 10.0 Å². The molecule has 0 aliphatic rings. The number of hydrogen-bond acceptors (Lipinski definition) is 2. The van der Waals surface area contributed by atoms with Crippen LogP contribution in [0, 0.1) is 5.82 Å². The Morgan fingerprint density at radius 1 is 1.04 bits per heavy atom. The van der Waals surface area contributed by atoms with E-state index in [2.05, 4.69) is 21.2 Å². The van der Waals surface area contributed by atoms with Crippen LogP contribution in [-0.2, 0) is 6.54 Å². The number of amides is 1. The third-order valence-corrected chi connectivity index (χ3v) is 4.16. The number of hydrogen-bond donors (Lipinski definition) is 1. The summed E-state index contributed by atoms with van der Waals surface area (Å²) in [5, 5.41) is 2.70. The summed E-state index contributed by atoms with van der Waals surface area (Å²) in [5.74, 6) is -0.806. The average molecular weight is 401 g/mol. The predicted octanol–water partition coefficient (Wildman–Crippen LogP) is 4.05. The highest BCUT2D eigenvalue weighted by molar-refractivity contribution is 9.10. The summed E-state index contributed by atoms with van der Waals surface area (Å²) in [6, 6.07) is 16.1. The number of aromatic nitrogens is 1. The van der Waals surface area contributed by atoms with E-state index in [0.29, 0.717) is 5.69 Å². The van der Waals surface area contributed by atoms with Crippen LogP contribution in [0.5, 0.6) is 0 Å². The van der Waals surface area contributed by atoms with Gasteiger partial charge in [-0.15, -0.1) is 0 Å². The number of anilines is 1. The smallest absolute Gasteiger partial charge is 0.263 e. The first-order valence-corrected chi connectivity index (χ1v) is 8.33. The van der Waals surface area contributed by atoms with E-state index < -0.39 is 11.5 Å². The summed E-state index contributed by atoms with van der Waals surface area (Å²) in [7, 11) is 0. The van der Waals surface area contributed by atoms with Crippen molar-refractivity contribution in [2.45, 2.75) is 6.54 Å². The Hall–Kier alpha value is -2.73. The fourth-order valence-electron chi connectivity index (χ4n) is 2.35. The molecule has 6 heteroatoms. The first-order valence-electron chi connectivity index (χ1n) is 7.54. The van der Waals surface area contributed by atoms with Crippen LogP contribution in [0.3, 0.4) is 0 Å². The highest BCUT2D eigenvalue weighted by Gasteiger charge is 2.12. The Kier molecular flexibility index (Phi) is 5.09. The molecule has 1 N–H and O–H groups in total. The lowest BCUT2D eigenvalue weighted by Crippen LogP contribution is -2.29. The lowest BCUT2D eigenvalue weighted by atomic mass is 10.2. The van der Waals surface area contributed by atoms with Crippen molar-refractivity contribution in [1.82, 2.24) is 4.57 Å². The minimum absolute atomic E-state index is 0.0486. The first kappa shape index (κ1) is 17.1. The molecule has 0 aliphatic heterocycles. The number of carbonyl (C=O) groups excluding carboxylic acids is 1. The highest BCUT2D eigenvalue weighted by Crippen LogP contribution is 2.14. The van der Waals surface area contributed by atoms with Gasteiger partial charge in [0.25, 0.3) is 11.5 Å². The number of rotatable bonds is 4. The Morgan fingerprint density at radius 3 is 2.40 bits per heavy atom. The minimum atomic E-state index is -0.472. The fraction of sp³-hybridized carbons (Fsp3) is 0.0526. The largest absolute Gasteiger partial charge is 0.322 e. The summed E-state index contributed by atoms with van der Waals surface area (Å²) in [6.07, 6.45) is 1.60. The van der Waals surface area contributed by atoms with E-state index in [1.165, 1.54) is 22.8 Å². The maximum atomic E-state index is 13.0. The Bertz CT molecular complexity index is 950. The summed E-state index contributed by atoms with van der Waals surface area (Å²) in [4.78, 5) is 24.9. The molecular weight excluding hydrogens is 387 g/mol. The second-order valence-electron chi connectivity index (χ2n) is 5.44. The third-order valence-electron chi connectivity index (χ3n) is 3.63. The average Bonchev–Trinajstić information content (AvgIpc) is 2.60. The van der Waals surface area contributed by atoms with Crippen LogP contribution in [0.15, 0.2) is 76.1 Å². The molecule has 0 fully saturated rings. The van der Waals surface area contributed by atoms with E-state index in [-0.39, 0.29) is 17.9 Å². The summed E-state index contributed by atoms with van der Waals surface area (Å²) in [6.45, 7) is 0.262. The molecule has 4 nitrogen and oxygen atoms in total. The third kappa shape index (κ3) is 4.22. The van der Waals surface area contributed by atoms with E-state index >= 15 is 0 Å². The first-order chi connectivity index (χ1) is 12.0. The zero-order valence-electron chi connectivity index (χ0n) is 13.1.